The van der Waals surface area contributed by atoms with Gasteiger partial charge in [0, 0.05) is 36.5 Å². The molecule has 12 heteroatoms. The van der Waals surface area contributed by atoms with Crippen molar-refractivity contribution in [1.29, 1.82) is 0 Å². The Hall–Kier alpha value is -3.89. The number of rotatable bonds is 13. The molecule has 0 bridgehead atoms. The summed E-state index contributed by atoms with van der Waals surface area (Å²) >= 11 is 0. The molecule has 43 heavy (non-hydrogen) atoms. The Kier molecular flexibility index (Phi) is 10.1. The first-order valence-electron chi connectivity index (χ1n) is 14.2. The first-order valence-corrected chi connectivity index (χ1v) is 15.8. The Morgan fingerprint density at radius 1 is 0.860 bits per heavy atom. The number of hydrogen-bond acceptors (Lipinski definition) is 6. The van der Waals surface area contributed by atoms with Gasteiger partial charge in [0.15, 0.2) is 0 Å². The molecule has 0 saturated heterocycles. The van der Waals surface area contributed by atoms with Crippen LogP contribution in [0.15, 0.2) is 66.7 Å². The minimum Gasteiger partial charge on any atom is -0.357 e. The van der Waals surface area contributed by atoms with Crippen LogP contribution in [0.25, 0.3) is 10.8 Å². The van der Waals surface area contributed by atoms with E-state index in [1.165, 1.54) is 7.05 Å². The topological polar surface area (TPSA) is 165 Å². The maximum absolute atomic E-state index is 13.5. The normalized spacial score (nSPS) is 15.3. The van der Waals surface area contributed by atoms with E-state index >= 15 is 0 Å². The van der Waals surface area contributed by atoms with Crippen LogP contribution in [0.1, 0.15) is 53.0 Å². The summed E-state index contributed by atoms with van der Waals surface area (Å²) in [5.41, 5.74) is 1.50. The highest BCUT2D eigenvalue weighted by Gasteiger charge is 2.38. The van der Waals surface area contributed by atoms with Crippen molar-refractivity contribution in [3.63, 3.8) is 0 Å². The van der Waals surface area contributed by atoms with E-state index in [4.69, 9.17) is 0 Å². The van der Waals surface area contributed by atoms with Gasteiger partial charge in [0.05, 0.1) is 6.04 Å². The van der Waals surface area contributed by atoms with Crippen LogP contribution < -0.4 is 16.0 Å². The summed E-state index contributed by atoms with van der Waals surface area (Å²) in [5.74, 6) is -3.69. The number of amides is 4. The van der Waals surface area contributed by atoms with Gasteiger partial charge in [-0.2, -0.15) is 0 Å². The van der Waals surface area contributed by atoms with Crippen LogP contribution in [0, 0.1) is 5.92 Å². The lowest BCUT2D eigenvalue weighted by molar-refractivity contribution is -0.130. The molecule has 1 unspecified atom stereocenters. The highest BCUT2D eigenvalue weighted by molar-refractivity contribution is 7.52. The summed E-state index contributed by atoms with van der Waals surface area (Å²) in [6.45, 7) is 3.44. The van der Waals surface area contributed by atoms with Gasteiger partial charge in [0.1, 0.15) is 11.8 Å². The largest absolute Gasteiger partial charge is 0.357 e. The number of carbonyl (C=O) groups is 4. The summed E-state index contributed by atoms with van der Waals surface area (Å²) in [6, 6.07) is 17.4. The van der Waals surface area contributed by atoms with E-state index in [0.29, 0.717) is 16.5 Å². The standard InChI is InChI=1S/C31H37N4O7P/c1-19(2)17-24(29(37)34-25(28(36)32-3)18-20-9-5-4-6-10-20)33-26(43(40,41)42)15-16-35-30(38)22-13-7-11-21-12-8-14-23(27(21)22)31(35)39/h4-14,19,24-26,33H,15-18H2,1-3H3,(H,32,36)(H,34,37)(H2,40,41,42)/t24-,25?,26-/m0/s1. The minimum atomic E-state index is -4.86. The molecule has 4 amide bonds. The van der Waals surface area contributed by atoms with Gasteiger partial charge in [-0.3, -0.25) is 34.0 Å². The molecule has 0 fully saturated rings. The Morgan fingerprint density at radius 3 is 2.00 bits per heavy atom. The number of nitrogens with one attached hydrogen (secondary N) is 3. The third-order valence-electron chi connectivity index (χ3n) is 7.47. The second-order valence-electron chi connectivity index (χ2n) is 11.1. The van der Waals surface area contributed by atoms with Gasteiger partial charge < -0.3 is 20.4 Å². The van der Waals surface area contributed by atoms with Crippen molar-refractivity contribution < 1.29 is 33.5 Å². The molecule has 0 saturated carbocycles. The van der Waals surface area contributed by atoms with Gasteiger partial charge in [-0.1, -0.05) is 68.4 Å². The van der Waals surface area contributed by atoms with Crippen LogP contribution in [-0.2, 0) is 20.6 Å². The second-order valence-corrected chi connectivity index (χ2v) is 12.9. The summed E-state index contributed by atoms with van der Waals surface area (Å²) < 4.78 is 12.6. The van der Waals surface area contributed by atoms with E-state index < -0.39 is 49.1 Å². The molecule has 4 rings (SSSR count). The summed E-state index contributed by atoms with van der Waals surface area (Å²) in [6.07, 6.45) is 0.131. The summed E-state index contributed by atoms with van der Waals surface area (Å²) in [4.78, 5) is 74.2. The summed E-state index contributed by atoms with van der Waals surface area (Å²) in [7, 11) is -3.40. The SMILES string of the molecule is CNC(=O)C(Cc1ccccc1)NC(=O)[C@H](CC(C)C)N[C@H](CCN1C(=O)c2cccc3cccc(c23)C1=O)P(=O)(O)O. The Balaban J connectivity index is 1.52. The average molecular weight is 609 g/mol. The van der Waals surface area contributed by atoms with Crippen molar-refractivity contribution in [1.82, 2.24) is 20.9 Å². The zero-order valence-electron chi connectivity index (χ0n) is 24.3. The van der Waals surface area contributed by atoms with Crippen LogP contribution in [0.2, 0.25) is 0 Å². The molecule has 5 N–H and O–H groups in total. The van der Waals surface area contributed by atoms with E-state index in [0.717, 1.165) is 15.8 Å². The molecule has 0 aromatic heterocycles. The quantitative estimate of drug-likeness (QED) is 0.146. The smallest absolute Gasteiger partial charge is 0.342 e. The van der Waals surface area contributed by atoms with E-state index in [1.54, 1.807) is 36.4 Å². The predicted octanol–water partition coefficient (Wildman–Crippen LogP) is 2.81. The van der Waals surface area contributed by atoms with Gasteiger partial charge in [-0.15, -0.1) is 0 Å². The average Bonchev–Trinajstić information content (AvgIpc) is 2.97. The van der Waals surface area contributed by atoms with E-state index in [1.807, 2.05) is 44.2 Å². The van der Waals surface area contributed by atoms with Crippen molar-refractivity contribution >= 4 is 42.0 Å². The van der Waals surface area contributed by atoms with Gasteiger partial charge >= 0.3 is 7.60 Å². The van der Waals surface area contributed by atoms with Crippen LogP contribution in [-0.4, -0.2) is 69.8 Å². The molecule has 3 aromatic rings. The lowest BCUT2D eigenvalue weighted by Gasteiger charge is -2.31. The predicted molar refractivity (Wildman–Crippen MR) is 162 cm³/mol. The fourth-order valence-corrected chi connectivity index (χ4v) is 6.17. The van der Waals surface area contributed by atoms with Crippen molar-refractivity contribution in [2.45, 2.75) is 51.0 Å². The molecule has 3 aromatic carbocycles. The number of hydrogen-bond donors (Lipinski definition) is 5. The monoisotopic (exact) mass is 608 g/mol. The molecular weight excluding hydrogens is 571 g/mol. The van der Waals surface area contributed by atoms with Crippen molar-refractivity contribution in [3.8, 4) is 0 Å². The fraction of sp³-hybridized carbons (Fsp3) is 0.355. The first kappa shape index (κ1) is 32.0. The Bertz CT molecular complexity index is 1510. The van der Waals surface area contributed by atoms with E-state index in [9.17, 15) is 33.5 Å². The minimum absolute atomic E-state index is 0.0458. The zero-order chi connectivity index (χ0) is 31.3. The fourth-order valence-electron chi connectivity index (χ4n) is 5.34. The Labute approximate surface area is 250 Å². The number of nitrogens with zero attached hydrogens (tertiary/aromatic N) is 1. The number of imide groups is 1. The molecule has 1 heterocycles. The van der Waals surface area contributed by atoms with Crippen molar-refractivity contribution in [3.05, 3.63) is 83.4 Å². The molecule has 1 aliphatic heterocycles. The Morgan fingerprint density at radius 2 is 1.47 bits per heavy atom. The van der Waals surface area contributed by atoms with E-state index in [2.05, 4.69) is 16.0 Å². The third-order valence-corrected chi connectivity index (χ3v) is 8.69. The van der Waals surface area contributed by atoms with Gasteiger partial charge in [-0.05, 0) is 41.8 Å². The molecule has 0 radical (unpaired) electrons. The van der Waals surface area contributed by atoms with Crippen LogP contribution in [0.5, 0.6) is 0 Å². The highest BCUT2D eigenvalue weighted by atomic mass is 31.2. The summed E-state index contributed by atoms with van der Waals surface area (Å²) in [5, 5.41) is 9.38. The van der Waals surface area contributed by atoms with Crippen LogP contribution in [0.4, 0.5) is 0 Å². The number of carbonyl (C=O) groups excluding carboxylic acids is 4. The van der Waals surface area contributed by atoms with Crippen molar-refractivity contribution in [2.75, 3.05) is 13.6 Å². The van der Waals surface area contributed by atoms with Crippen molar-refractivity contribution in [2.24, 2.45) is 5.92 Å². The third kappa shape index (κ3) is 7.55. The molecule has 3 atom stereocenters. The molecule has 1 aliphatic rings. The molecule has 0 aliphatic carbocycles. The molecular formula is C31H37N4O7P. The second kappa shape index (κ2) is 13.6. The van der Waals surface area contributed by atoms with Gasteiger partial charge in [0.25, 0.3) is 11.8 Å². The number of benzene rings is 3. The highest BCUT2D eigenvalue weighted by Crippen LogP contribution is 2.42. The lowest BCUT2D eigenvalue weighted by Crippen LogP contribution is -2.55. The lowest BCUT2D eigenvalue weighted by atomic mass is 9.94. The molecule has 0 spiro atoms. The van der Waals surface area contributed by atoms with Crippen LogP contribution in [0.3, 0.4) is 0 Å². The van der Waals surface area contributed by atoms with Crippen LogP contribution >= 0.6 is 7.60 Å². The molecule has 11 nitrogen and oxygen atoms in total. The maximum atomic E-state index is 13.5. The van der Waals surface area contributed by atoms with Gasteiger partial charge in [0.2, 0.25) is 11.8 Å². The van der Waals surface area contributed by atoms with Gasteiger partial charge in [-0.25, -0.2) is 0 Å². The maximum Gasteiger partial charge on any atom is 0.342 e. The zero-order valence-corrected chi connectivity index (χ0v) is 25.2. The molecule has 228 valence electrons. The number of likely N-dealkylation sites (N-methyl/N-ethyl adjacent to an activating group) is 1. The van der Waals surface area contributed by atoms with E-state index in [-0.39, 0.29) is 31.7 Å². The first-order chi connectivity index (χ1) is 20.4.